The molecule has 0 aliphatic carbocycles. The summed E-state index contributed by atoms with van der Waals surface area (Å²) in [6.45, 7) is 7.25. The number of pyridine rings is 1. The number of carbonyl (C=O) groups is 2. The van der Waals surface area contributed by atoms with Crippen LogP contribution in [-0.2, 0) is 22.3 Å². The maximum Gasteiger partial charge on any atom is 0.417 e. The van der Waals surface area contributed by atoms with E-state index in [9.17, 15) is 32.8 Å². The van der Waals surface area contributed by atoms with Crippen molar-refractivity contribution >= 4 is 11.9 Å². The SMILES string of the molecule is COC(=O)C(NC(=O)c1cccc(Oc2ccc(-c3cc(C(F)(F)F)c(C#N)c(=O)n3Cc3ccc(C)cc3C)cc2)c1)C(C)C. The molecule has 46 heavy (non-hydrogen) atoms. The van der Waals surface area contributed by atoms with Gasteiger partial charge in [0.2, 0.25) is 0 Å². The summed E-state index contributed by atoms with van der Waals surface area (Å²) in [5, 5.41) is 12.2. The number of nitrogens with one attached hydrogen (secondary N) is 1. The van der Waals surface area contributed by atoms with Crippen LogP contribution < -0.4 is 15.6 Å². The molecular formula is C35H32F3N3O5. The van der Waals surface area contributed by atoms with E-state index in [-0.39, 0.29) is 23.7 Å². The van der Waals surface area contributed by atoms with E-state index >= 15 is 0 Å². The third-order valence-electron chi connectivity index (χ3n) is 7.43. The van der Waals surface area contributed by atoms with E-state index in [2.05, 4.69) is 5.32 Å². The zero-order valence-corrected chi connectivity index (χ0v) is 25.9. The molecule has 1 heterocycles. The van der Waals surface area contributed by atoms with Crippen molar-refractivity contribution in [2.45, 2.75) is 46.5 Å². The second-order valence-electron chi connectivity index (χ2n) is 11.1. The number of halogens is 3. The molecule has 0 saturated carbocycles. The standard InChI is InChI=1S/C35H32F3N3O5/c1-20(2)31(34(44)45-5)40-32(42)24-7-6-8-27(16-24)46-26-13-11-23(12-14-26)30-17-29(35(36,37)38)28(18-39)33(43)41(30)19-25-10-9-21(3)15-22(25)4/h6-17,20,31H,19H2,1-5H3,(H,40,42). The maximum atomic E-state index is 14.0. The zero-order valence-electron chi connectivity index (χ0n) is 25.9. The van der Waals surface area contributed by atoms with Gasteiger partial charge in [0.1, 0.15) is 29.2 Å². The molecule has 1 amide bonds. The summed E-state index contributed by atoms with van der Waals surface area (Å²) in [6.07, 6.45) is -4.93. The number of carbonyl (C=O) groups excluding carboxylic acids is 2. The highest BCUT2D eigenvalue weighted by Gasteiger charge is 2.36. The fourth-order valence-electron chi connectivity index (χ4n) is 4.95. The van der Waals surface area contributed by atoms with Crippen LogP contribution >= 0.6 is 0 Å². The second kappa shape index (κ2) is 13.7. The highest BCUT2D eigenvalue weighted by atomic mass is 19.4. The molecule has 1 N–H and O–H groups in total. The molecule has 11 heteroatoms. The van der Waals surface area contributed by atoms with Gasteiger partial charge in [-0.3, -0.25) is 9.59 Å². The summed E-state index contributed by atoms with van der Waals surface area (Å²) in [6, 6.07) is 19.3. The second-order valence-corrected chi connectivity index (χ2v) is 11.1. The molecule has 3 aromatic carbocycles. The third kappa shape index (κ3) is 7.46. The average molecular weight is 632 g/mol. The minimum Gasteiger partial charge on any atom is -0.467 e. The highest BCUT2D eigenvalue weighted by molar-refractivity contribution is 5.97. The Balaban J connectivity index is 1.67. The van der Waals surface area contributed by atoms with E-state index in [4.69, 9.17) is 9.47 Å². The van der Waals surface area contributed by atoms with Gasteiger partial charge in [0.25, 0.3) is 11.5 Å². The van der Waals surface area contributed by atoms with Crippen molar-refractivity contribution in [2.24, 2.45) is 5.92 Å². The predicted octanol–water partition coefficient (Wildman–Crippen LogP) is 6.79. The van der Waals surface area contributed by atoms with Gasteiger partial charge >= 0.3 is 12.1 Å². The lowest BCUT2D eigenvalue weighted by Gasteiger charge is -2.20. The predicted molar refractivity (Wildman–Crippen MR) is 165 cm³/mol. The van der Waals surface area contributed by atoms with Crippen LogP contribution in [0.5, 0.6) is 11.5 Å². The highest BCUT2D eigenvalue weighted by Crippen LogP contribution is 2.34. The minimum absolute atomic E-state index is 0.0215. The smallest absolute Gasteiger partial charge is 0.417 e. The molecule has 8 nitrogen and oxygen atoms in total. The van der Waals surface area contributed by atoms with Crippen LogP contribution in [0.1, 0.15) is 52.0 Å². The van der Waals surface area contributed by atoms with Crippen LogP contribution in [0.3, 0.4) is 0 Å². The first kappa shape index (κ1) is 33.5. The van der Waals surface area contributed by atoms with Crippen molar-refractivity contribution in [3.63, 3.8) is 0 Å². The van der Waals surface area contributed by atoms with Crippen LogP contribution in [0.15, 0.2) is 77.6 Å². The normalized spacial score (nSPS) is 11.9. The monoisotopic (exact) mass is 631 g/mol. The third-order valence-corrected chi connectivity index (χ3v) is 7.43. The first-order chi connectivity index (χ1) is 21.7. The molecule has 0 bridgehead atoms. The summed E-state index contributed by atoms with van der Waals surface area (Å²) in [5.41, 5.74) is -0.279. The van der Waals surface area contributed by atoms with Gasteiger partial charge in [-0.2, -0.15) is 18.4 Å². The molecule has 0 saturated heterocycles. The zero-order chi connectivity index (χ0) is 33.8. The van der Waals surface area contributed by atoms with E-state index in [1.54, 1.807) is 38.1 Å². The molecule has 0 fully saturated rings. The fourth-order valence-corrected chi connectivity index (χ4v) is 4.95. The number of esters is 1. The summed E-state index contributed by atoms with van der Waals surface area (Å²) in [5.74, 6) is -0.684. The number of nitriles is 1. The van der Waals surface area contributed by atoms with E-state index in [1.807, 2.05) is 26.0 Å². The number of aryl methyl sites for hydroxylation is 2. The number of ether oxygens (including phenoxy) is 2. The number of hydrogen-bond acceptors (Lipinski definition) is 6. The molecule has 0 aliphatic heterocycles. The van der Waals surface area contributed by atoms with Crippen LogP contribution in [0.25, 0.3) is 11.3 Å². The number of methoxy groups -OCH3 is 1. The average Bonchev–Trinajstić information content (AvgIpc) is 3.01. The summed E-state index contributed by atoms with van der Waals surface area (Å²) in [7, 11) is 1.24. The van der Waals surface area contributed by atoms with Crippen molar-refractivity contribution in [2.75, 3.05) is 7.11 Å². The van der Waals surface area contributed by atoms with Gasteiger partial charge in [-0.15, -0.1) is 0 Å². The first-order valence-corrected chi connectivity index (χ1v) is 14.3. The molecule has 4 rings (SSSR count). The number of nitrogens with zero attached hydrogens (tertiary/aromatic N) is 2. The van der Waals surface area contributed by atoms with Gasteiger partial charge in [0.15, 0.2) is 0 Å². The maximum absolute atomic E-state index is 14.0. The molecule has 0 radical (unpaired) electrons. The summed E-state index contributed by atoms with van der Waals surface area (Å²) in [4.78, 5) is 38.3. The van der Waals surface area contributed by atoms with E-state index in [0.717, 1.165) is 17.2 Å². The Kier molecular flexibility index (Phi) is 10.0. The van der Waals surface area contributed by atoms with Gasteiger partial charge in [0, 0.05) is 5.56 Å². The van der Waals surface area contributed by atoms with Crippen LogP contribution in [-0.4, -0.2) is 29.6 Å². The molecule has 0 aliphatic rings. The number of amides is 1. The lowest BCUT2D eigenvalue weighted by atomic mass is 10.0. The molecule has 4 aromatic rings. The Morgan fingerprint density at radius 2 is 1.67 bits per heavy atom. The van der Waals surface area contributed by atoms with Gasteiger partial charge < -0.3 is 19.4 Å². The van der Waals surface area contributed by atoms with Gasteiger partial charge in [0.05, 0.1) is 24.9 Å². The Morgan fingerprint density at radius 1 is 0.978 bits per heavy atom. The number of alkyl halides is 3. The van der Waals surface area contributed by atoms with Gasteiger partial charge in [-0.25, -0.2) is 4.79 Å². The van der Waals surface area contributed by atoms with Gasteiger partial charge in [-0.05, 0) is 85.0 Å². The Hall–Kier alpha value is -5.37. The number of hydrogen-bond donors (Lipinski definition) is 1. The van der Waals surface area contributed by atoms with Crippen molar-refractivity contribution in [1.29, 1.82) is 5.26 Å². The lowest BCUT2D eigenvalue weighted by Crippen LogP contribution is -2.45. The molecule has 238 valence electrons. The fraction of sp³-hybridized carbons (Fsp3) is 0.257. The quantitative estimate of drug-likeness (QED) is 0.204. The van der Waals surface area contributed by atoms with Crippen LogP contribution in [0.4, 0.5) is 13.2 Å². The first-order valence-electron chi connectivity index (χ1n) is 14.3. The summed E-state index contributed by atoms with van der Waals surface area (Å²) >= 11 is 0. The summed E-state index contributed by atoms with van der Waals surface area (Å²) < 4.78 is 53.8. The van der Waals surface area contributed by atoms with E-state index < -0.39 is 40.8 Å². The molecular weight excluding hydrogens is 599 g/mol. The molecule has 1 unspecified atom stereocenters. The van der Waals surface area contributed by atoms with E-state index in [0.29, 0.717) is 22.6 Å². The topological polar surface area (TPSA) is 110 Å². The molecule has 1 atom stereocenters. The number of benzene rings is 3. The van der Waals surface area contributed by atoms with Crippen LogP contribution in [0.2, 0.25) is 0 Å². The van der Waals surface area contributed by atoms with Crippen molar-refractivity contribution in [1.82, 2.24) is 9.88 Å². The van der Waals surface area contributed by atoms with Crippen molar-refractivity contribution in [3.8, 4) is 28.8 Å². The van der Waals surface area contributed by atoms with Gasteiger partial charge in [-0.1, -0.05) is 43.7 Å². The molecule has 0 spiro atoms. The largest absolute Gasteiger partial charge is 0.467 e. The van der Waals surface area contributed by atoms with E-state index in [1.165, 1.54) is 48.1 Å². The van der Waals surface area contributed by atoms with Crippen molar-refractivity contribution < 1.29 is 32.2 Å². The minimum atomic E-state index is -4.93. The number of aromatic nitrogens is 1. The lowest BCUT2D eigenvalue weighted by molar-refractivity contribution is -0.144. The van der Waals surface area contributed by atoms with Crippen LogP contribution in [0, 0.1) is 31.1 Å². The molecule has 1 aromatic heterocycles. The Morgan fingerprint density at radius 3 is 2.26 bits per heavy atom. The number of rotatable bonds is 9. The Bertz CT molecular complexity index is 1870. The van der Waals surface area contributed by atoms with Crippen molar-refractivity contribution in [3.05, 3.63) is 117 Å². The Labute approximate surface area is 264 Å².